The van der Waals surface area contributed by atoms with E-state index in [2.05, 4.69) is 17.5 Å². The fourth-order valence-electron chi connectivity index (χ4n) is 2.12. The van der Waals surface area contributed by atoms with Crippen molar-refractivity contribution in [2.75, 3.05) is 0 Å². The minimum atomic E-state index is -0.856. The van der Waals surface area contributed by atoms with E-state index in [1.54, 1.807) is 12.1 Å². The summed E-state index contributed by atoms with van der Waals surface area (Å²) < 4.78 is 0. The number of carboxylic acid groups (broad SMARTS) is 1. The molecular weight excluding hydrogens is 214 g/mol. The lowest BCUT2D eigenvalue weighted by Crippen LogP contribution is -2.29. The van der Waals surface area contributed by atoms with Crippen molar-refractivity contribution >= 4 is 5.97 Å². The maximum Gasteiger partial charge on any atom is 0.336 e. The standard InChI is InChI=1S/C14H17NO2/c16-14(17)13-9-5-4-6-11(13)10-15-12-7-2-1-3-8-12/h1-2,4-6,9,12,15H,3,7-8,10H2,(H,16,17). The first-order valence-corrected chi connectivity index (χ1v) is 5.97. The smallest absolute Gasteiger partial charge is 0.336 e. The number of hydrogen-bond donors (Lipinski definition) is 2. The van der Waals surface area contributed by atoms with Crippen LogP contribution in [0.25, 0.3) is 0 Å². The molecule has 1 unspecified atom stereocenters. The molecule has 1 aromatic carbocycles. The van der Waals surface area contributed by atoms with Crippen LogP contribution in [-0.4, -0.2) is 17.1 Å². The van der Waals surface area contributed by atoms with Crippen LogP contribution < -0.4 is 5.32 Å². The molecule has 1 aliphatic carbocycles. The van der Waals surface area contributed by atoms with Crippen LogP contribution in [0.3, 0.4) is 0 Å². The van der Waals surface area contributed by atoms with E-state index in [1.165, 1.54) is 0 Å². The third-order valence-electron chi connectivity index (χ3n) is 3.10. The van der Waals surface area contributed by atoms with E-state index >= 15 is 0 Å². The van der Waals surface area contributed by atoms with E-state index in [4.69, 9.17) is 5.11 Å². The highest BCUT2D eigenvalue weighted by Crippen LogP contribution is 2.13. The van der Waals surface area contributed by atoms with Gasteiger partial charge in [0.1, 0.15) is 0 Å². The zero-order valence-electron chi connectivity index (χ0n) is 9.73. The Kier molecular flexibility index (Phi) is 3.94. The summed E-state index contributed by atoms with van der Waals surface area (Å²) in [5.74, 6) is -0.856. The van der Waals surface area contributed by atoms with E-state index in [9.17, 15) is 4.79 Å². The van der Waals surface area contributed by atoms with Crippen molar-refractivity contribution in [3.05, 3.63) is 47.5 Å². The van der Waals surface area contributed by atoms with Crippen LogP contribution in [0.15, 0.2) is 36.4 Å². The monoisotopic (exact) mass is 231 g/mol. The number of carbonyl (C=O) groups is 1. The number of carboxylic acids is 1. The first kappa shape index (κ1) is 11.9. The van der Waals surface area contributed by atoms with Gasteiger partial charge < -0.3 is 10.4 Å². The van der Waals surface area contributed by atoms with Crippen molar-refractivity contribution in [3.8, 4) is 0 Å². The molecule has 1 aromatic rings. The SMILES string of the molecule is O=C(O)c1ccccc1CNC1CC=CCC1. The maximum absolute atomic E-state index is 11.0. The maximum atomic E-state index is 11.0. The summed E-state index contributed by atoms with van der Waals surface area (Å²) in [6, 6.07) is 7.64. The summed E-state index contributed by atoms with van der Waals surface area (Å²) in [7, 11) is 0. The second-order valence-corrected chi connectivity index (χ2v) is 4.32. The highest BCUT2D eigenvalue weighted by atomic mass is 16.4. The van der Waals surface area contributed by atoms with Gasteiger partial charge in [-0.15, -0.1) is 0 Å². The van der Waals surface area contributed by atoms with E-state index in [-0.39, 0.29) is 0 Å². The summed E-state index contributed by atoms with van der Waals surface area (Å²) in [6.45, 7) is 0.626. The zero-order chi connectivity index (χ0) is 12.1. The molecule has 90 valence electrons. The minimum Gasteiger partial charge on any atom is -0.478 e. The molecule has 0 radical (unpaired) electrons. The van der Waals surface area contributed by atoms with Gasteiger partial charge in [-0.2, -0.15) is 0 Å². The van der Waals surface area contributed by atoms with Gasteiger partial charge in [0.25, 0.3) is 0 Å². The summed E-state index contributed by atoms with van der Waals surface area (Å²) in [5.41, 5.74) is 1.25. The lowest BCUT2D eigenvalue weighted by atomic mass is 10.0. The van der Waals surface area contributed by atoms with Crippen LogP contribution in [0.4, 0.5) is 0 Å². The number of aromatic carboxylic acids is 1. The normalized spacial score (nSPS) is 19.2. The molecule has 0 saturated carbocycles. The summed E-state index contributed by atoms with van der Waals surface area (Å²) in [4.78, 5) is 11.0. The Hall–Kier alpha value is -1.61. The van der Waals surface area contributed by atoms with Gasteiger partial charge in [0, 0.05) is 12.6 Å². The molecule has 1 atom stereocenters. The van der Waals surface area contributed by atoms with Crippen LogP contribution in [0.2, 0.25) is 0 Å². The van der Waals surface area contributed by atoms with Gasteiger partial charge >= 0.3 is 5.97 Å². The Morgan fingerprint density at radius 3 is 2.88 bits per heavy atom. The van der Waals surface area contributed by atoms with Crippen LogP contribution in [0, 0.1) is 0 Å². The minimum absolute atomic E-state index is 0.395. The van der Waals surface area contributed by atoms with Gasteiger partial charge in [0.2, 0.25) is 0 Å². The second kappa shape index (κ2) is 5.64. The van der Waals surface area contributed by atoms with Gasteiger partial charge in [0.15, 0.2) is 0 Å². The average Bonchev–Trinajstić information content (AvgIpc) is 2.38. The Balaban J connectivity index is 1.98. The van der Waals surface area contributed by atoms with Gasteiger partial charge in [-0.3, -0.25) is 0 Å². The van der Waals surface area contributed by atoms with Crippen LogP contribution in [0.1, 0.15) is 35.2 Å². The average molecular weight is 231 g/mol. The van der Waals surface area contributed by atoms with Crippen molar-refractivity contribution in [1.29, 1.82) is 0 Å². The molecule has 2 rings (SSSR count). The van der Waals surface area contributed by atoms with Crippen molar-refractivity contribution in [2.45, 2.75) is 31.8 Å². The van der Waals surface area contributed by atoms with E-state index < -0.39 is 5.97 Å². The fourth-order valence-corrected chi connectivity index (χ4v) is 2.12. The highest BCUT2D eigenvalue weighted by molar-refractivity contribution is 5.89. The quantitative estimate of drug-likeness (QED) is 0.783. The Labute approximate surface area is 101 Å². The molecule has 0 spiro atoms. The van der Waals surface area contributed by atoms with Crippen LogP contribution in [0.5, 0.6) is 0 Å². The van der Waals surface area contributed by atoms with Crippen LogP contribution in [-0.2, 0) is 6.54 Å². The Morgan fingerprint density at radius 1 is 1.35 bits per heavy atom. The third-order valence-corrected chi connectivity index (χ3v) is 3.10. The van der Waals surface area contributed by atoms with Crippen LogP contribution >= 0.6 is 0 Å². The molecule has 2 N–H and O–H groups in total. The van der Waals surface area contributed by atoms with E-state index in [0.29, 0.717) is 18.2 Å². The first-order chi connectivity index (χ1) is 8.27. The van der Waals surface area contributed by atoms with Gasteiger partial charge in [-0.25, -0.2) is 4.79 Å². The molecule has 0 heterocycles. The molecule has 0 amide bonds. The third kappa shape index (κ3) is 3.17. The summed E-state index contributed by atoms with van der Waals surface area (Å²) >= 11 is 0. The predicted octanol–water partition coefficient (Wildman–Crippen LogP) is 2.58. The largest absolute Gasteiger partial charge is 0.478 e. The molecule has 0 aliphatic heterocycles. The second-order valence-electron chi connectivity index (χ2n) is 4.32. The number of hydrogen-bond acceptors (Lipinski definition) is 2. The number of nitrogens with one attached hydrogen (secondary N) is 1. The number of rotatable bonds is 4. The molecule has 0 aromatic heterocycles. The molecule has 17 heavy (non-hydrogen) atoms. The summed E-state index contributed by atoms with van der Waals surface area (Å²) in [5, 5.41) is 12.5. The van der Waals surface area contributed by atoms with Crippen molar-refractivity contribution in [3.63, 3.8) is 0 Å². The zero-order valence-corrected chi connectivity index (χ0v) is 9.73. The first-order valence-electron chi connectivity index (χ1n) is 5.97. The topological polar surface area (TPSA) is 49.3 Å². The van der Waals surface area contributed by atoms with Crippen molar-refractivity contribution in [2.24, 2.45) is 0 Å². The summed E-state index contributed by atoms with van der Waals surface area (Å²) in [6.07, 6.45) is 7.66. The van der Waals surface area contributed by atoms with Gasteiger partial charge in [0.05, 0.1) is 5.56 Å². The molecule has 0 fully saturated rings. The number of allylic oxidation sites excluding steroid dienone is 1. The lowest BCUT2D eigenvalue weighted by Gasteiger charge is -2.19. The molecule has 3 heteroatoms. The Morgan fingerprint density at radius 2 is 2.18 bits per heavy atom. The van der Waals surface area contributed by atoms with E-state index in [0.717, 1.165) is 24.8 Å². The van der Waals surface area contributed by atoms with Gasteiger partial charge in [-0.05, 0) is 30.9 Å². The molecule has 1 aliphatic rings. The van der Waals surface area contributed by atoms with Crippen molar-refractivity contribution < 1.29 is 9.90 Å². The Bertz CT molecular complexity index is 426. The van der Waals surface area contributed by atoms with Gasteiger partial charge in [-0.1, -0.05) is 30.4 Å². The molecule has 0 bridgehead atoms. The molecule has 0 saturated heterocycles. The predicted molar refractivity (Wildman–Crippen MR) is 67.0 cm³/mol. The lowest BCUT2D eigenvalue weighted by molar-refractivity contribution is 0.0695. The fraction of sp³-hybridized carbons (Fsp3) is 0.357. The molecular formula is C14H17NO2. The highest BCUT2D eigenvalue weighted by Gasteiger charge is 2.12. The molecule has 3 nitrogen and oxygen atoms in total. The van der Waals surface area contributed by atoms with Crippen molar-refractivity contribution in [1.82, 2.24) is 5.32 Å². The number of benzene rings is 1. The van der Waals surface area contributed by atoms with E-state index in [1.807, 2.05) is 12.1 Å².